The van der Waals surface area contributed by atoms with E-state index in [9.17, 15) is 0 Å². The smallest absolute Gasteiger partial charge is 0.191 e. The third kappa shape index (κ3) is 8.28. The molecule has 1 aliphatic carbocycles. The molecule has 0 amide bonds. The third-order valence-electron chi connectivity index (χ3n) is 5.86. The zero-order chi connectivity index (χ0) is 19.6. The summed E-state index contributed by atoms with van der Waals surface area (Å²) >= 11 is 0. The minimum atomic E-state index is 0. The van der Waals surface area contributed by atoms with E-state index in [1.165, 1.54) is 44.9 Å². The summed E-state index contributed by atoms with van der Waals surface area (Å²) in [6.45, 7) is 6.42. The van der Waals surface area contributed by atoms with Crippen molar-refractivity contribution < 1.29 is 4.74 Å². The van der Waals surface area contributed by atoms with E-state index in [1.807, 2.05) is 13.2 Å². The van der Waals surface area contributed by atoms with Gasteiger partial charge >= 0.3 is 0 Å². The van der Waals surface area contributed by atoms with Gasteiger partial charge in [0.05, 0.1) is 12.7 Å². The number of nitrogens with one attached hydrogen (secondary N) is 2. The first-order valence-corrected chi connectivity index (χ1v) is 11.0. The maximum atomic E-state index is 5.61. The molecule has 1 unspecified atom stereocenters. The molecule has 6 nitrogen and oxygen atoms in total. The number of morpholine rings is 1. The van der Waals surface area contributed by atoms with Crippen molar-refractivity contribution in [2.24, 2.45) is 10.9 Å². The lowest BCUT2D eigenvalue weighted by atomic mass is 9.86. The maximum absolute atomic E-state index is 5.61. The van der Waals surface area contributed by atoms with Crippen LogP contribution in [0.25, 0.3) is 0 Å². The van der Waals surface area contributed by atoms with Crippen LogP contribution in [0.15, 0.2) is 23.3 Å². The molecule has 2 aliphatic rings. The number of guanidine groups is 1. The number of rotatable bonds is 7. The number of nitrogens with zero attached hydrogens (tertiary/aromatic N) is 3. The minimum absolute atomic E-state index is 0. The number of aromatic nitrogens is 1. The summed E-state index contributed by atoms with van der Waals surface area (Å²) in [5.41, 5.74) is 1.16. The molecule has 0 spiro atoms. The normalized spacial score (nSPS) is 20.8. The lowest BCUT2D eigenvalue weighted by molar-refractivity contribution is 0.0529. The highest BCUT2D eigenvalue weighted by Crippen LogP contribution is 2.26. The molecule has 29 heavy (non-hydrogen) atoms. The second kappa shape index (κ2) is 13.3. The molecular formula is C22H38IN5O. The minimum Gasteiger partial charge on any atom is -0.375 e. The number of anilines is 1. The Labute approximate surface area is 193 Å². The Balaban J connectivity index is 0.00000300. The van der Waals surface area contributed by atoms with Gasteiger partial charge in [0.15, 0.2) is 5.96 Å². The van der Waals surface area contributed by atoms with Crippen molar-refractivity contribution in [3.8, 4) is 0 Å². The number of hydrogen-bond acceptors (Lipinski definition) is 4. The average Bonchev–Trinajstić information content (AvgIpc) is 2.74. The predicted molar refractivity (Wildman–Crippen MR) is 131 cm³/mol. The van der Waals surface area contributed by atoms with Gasteiger partial charge in [-0.1, -0.05) is 38.2 Å². The quantitative estimate of drug-likeness (QED) is 0.249. The molecule has 3 rings (SSSR count). The van der Waals surface area contributed by atoms with Crippen LogP contribution >= 0.6 is 24.0 Å². The first-order valence-electron chi connectivity index (χ1n) is 11.0. The van der Waals surface area contributed by atoms with Crippen molar-refractivity contribution in [2.75, 3.05) is 38.2 Å². The first-order chi connectivity index (χ1) is 13.7. The van der Waals surface area contributed by atoms with Gasteiger partial charge in [-0.2, -0.15) is 0 Å². The van der Waals surface area contributed by atoms with Crippen molar-refractivity contribution in [1.29, 1.82) is 0 Å². The van der Waals surface area contributed by atoms with Gasteiger partial charge in [0.1, 0.15) is 5.82 Å². The molecule has 2 fully saturated rings. The fourth-order valence-corrected chi connectivity index (χ4v) is 4.21. The molecule has 0 radical (unpaired) electrons. The zero-order valence-electron chi connectivity index (χ0n) is 18.0. The van der Waals surface area contributed by atoms with Crippen molar-refractivity contribution in [3.63, 3.8) is 0 Å². The van der Waals surface area contributed by atoms with Gasteiger partial charge < -0.3 is 20.3 Å². The van der Waals surface area contributed by atoms with Gasteiger partial charge in [-0.05, 0) is 37.3 Å². The topological polar surface area (TPSA) is 61.8 Å². The SMILES string of the molecule is CN=C(NCCCC1CCCCC1)NCc1ccc(N2CCOC(C)C2)nc1.I. The summed E-state index contributed by atoms with van der Waals surface area (Å²) in [7, 11) is 1.83. The summed E-state index contributed by atoms with van der Waals surface area (Å²) in [5, 5.41) is 6.84. The van der Waals surface area contributed by atoms with E-state index in [4.69, 9.17) is 4.74 Å². The summed E-state index contributed by atoms with van der Waals surface area (Å²) in [5.74, 6) is 2.85. The Bertz CT molecular complexity index is 604. The van der Waals surface area contributed by atoms with Crippen molar-refractivity contribution in [3.05, 3.63) is 23.9 Å². The second-order valence-corrected chi connectivity index (χ2v) is 8.15. The fourth-order valence-electron chi connectivity index (χ4n) is 4.21. The molecule has 2 heterocycles. The van der Waals surface area contributed by atoms with E-state index in [1.54, 1.807) is 0 Å². The van der Waals surface area contributed by atoms with Crippen molar-refractivity contribution in [1.82, 2.24) is 15.6 Å². The zero-order valence-corrected chi connectivity index (χ0v) is 20.4. The molecule has 1 aromatic rings. The maximum Gasteiger partial charge on any atom is 0.191 e. The Kier molecular flexibility index (Phi) is 11.1. The van der Waals surface area contributed by atoms with E-state index in [0.29, 0.717) is 0 Å². The highest BCUT2D eigenvalue weighted by Gasteiger charge is 2.17. The lowest BCUT2D eigenvalue weighted by Gasteiger charge is -2.32. The number of pyridine rings is 1. The van der Waals surface area contributed by atoms with Gasteiger partial charge in [-0.25, -0.2) is 4.98 Å². The molecule has 1 saturated heterocycles. The van der Waals surface area contributed by atoms with Crippen LogP contribution in [0.4, 0.5) is 5.82 Å². The summed E-state index contributed by atoms with van der Waals surface area (Å²) in [6, 6.07) is 4.25. The Hall–Kier alpha value is -1.09. The molecule has 2 N–H and O–H groups in total. The molecule has 1 atom stereocenters. The predicted octanol–water partition coefficient (Wildman–Crippen LogP) is 3.95. The van der Waals surface area contributed by atoms with Gasteiger partial charge in [-0.3, -0.25) is 4.99 Å². The van der Waals surface area contributed by atoms with Crippen LogP contribution in [-0.2, 0) is 11.3 Å². The van der Waals surface area contributed by atoms with Crippen molar-refractivity contribution >= 4 is 35.8 Å². The summed E-state index contributed by atoms with van der Waals surface area (Å²) in [4.78, 5) is 11.3. The highest BCUT2D eigenvalue weighted by molar-refractivity contribution is 14.0. The summed E-state index contributed by atoms with van der Waals surface area (Å²) in [6.07, 6.45) is 11.9. The second-order valence-electron chi connectivity index (χ2n) is 8.15. The van der Waals surface area contributed by atoms with E-state index in [0.717, 1.165) is 56.0 Å². The van der Waals surface area contributed by atoms with Crippen molar-refractivity contribution in [2.45, 2.75) is 64.5 Å². The number of aliphatic imine (C=N–C) groups is 1. The van der Waals surface area contributed by atoms with Gasteiger partial charge in [0.2, 0.25) is 0 Å². The van der Waals surface area contributed by atoms with Crippen LogP contribution in [0.3, 0.4) is 0 Å². The molecule has 1 aliphatic heterocycles. The van der Waals surface area contributed by atoms with Crippen LogP contribution in [0.1, 0.15) is 57.4 Å². The van der Waals surface area contributed by atoms with Gasteiger partial charge in [-0.15, -0.1) is 24.0 Å². The van der Waals surface area contributed by atoms with Crippen LogP contribution in [0.2, 0.25) is 0 Å². The molecule has 1 saturated carbocycles. The van der Waals surface area contributed by atoms with E-state index >= 15 is 0 Å². The number of halogens is 1. The monoisotopic (exact) mass is 515 g/mol. The van der Waals surface area contributed by atoms with Crippen LogP contribution in [-0.4, -0.2) is 50.3 Å². The molecule has 0 aromatic carbocycles. The molecule has 1 aromatic heterocycles. The Morgan fingerprint density at radius 1 is 1.24 bits per heavy atom. The van der Waals surface area contributed by atoms with E-state index in [-0.39, 0.29) is 30.1 Å². The van der Waals surface area contributed by atoms with E-state index < -0.39 is 0 Å². The number of ether oxygens (including phenoxy) is 1. The lowest BCUT2D eigenvalue weighted by Crippen LogP contribution is -2.41. The Morgan fingerprint density at radius 2 is 2.07 bits per heavy atom. The van der Waals surface area contributed by atoms with E-state index in [2.05, 4.69) is 44.6 Å². The fraction of sp³-hybridized carbons (Fsp3) is 0.727. The highest BCUT2D eigenvalue weighted by atomic mass is 127. The van der Waals surface area contributed by atoms with Gasteiger partial charge in [0, 0.05) is 39.4 Å². The molecular weight excluding hydrogens is 477 g/mol. The molecule has 0 bridgehead atoms. The average molecular weight is 515 g/mol. The summed E-state index contributed by atoms with van der Waals surface area (Å²) < 4.78 is 5.61. The largest absolute Gasteiger partial charge is 0.375 e. The number of hydrogen-bond donors (Lipinski definition) is 2. The van der Waals surface area contributed by atoms with Gasteiger partial charge in [0.25, 0.3) is 0 Å². The first kappa shape index (κ1) is 24.2. The standard InChI is InChI=1S/C22H37N5O.HI/c1-18-17-27(13-14-28-18)21-11-10-20(15-25-21)16-26-22(23-2)24-12-6-9-19-7-4-3-5-8-19;/h10-11,15,18-19H,3-9,12-14,16-17H2,1-2H3,(H2,23,24,26);1H. The third-order valence-corrected chi connectivity index (χ3v) is 5.86. The Morgan fingerprint density at radius 3 is 2.76 bits per heavy atom. The van der Waals surface area contributed by atoms with Crippen LogP contribution in [0, 0.1) is 5.92 Å². The molecule has 164 valence electrons. The van der Waals surface area contributed by atoms with Crippen LogP contribution < -0.4 is 15.5 Å². The van der Waals surface area contributed by atoms with Crippen LogP contribution in [0.5, 0.6) is 0 Å². The molecule has 7 heteroatoms.